The molecule has 2 aliphatic heterocycles. The van der Waals surface area contributed by atoms with Gasteiger partial charge in [0.1, 0.15) is 11.4 Å². The van der Waals surface area contributed by atoms with Crippen LogP contribution in [0.4, 0.5) is 0 Å². The number of aromatic nitrogens is 2. The first kappa shape index (κ1) is 19.8. The van der Waals surface area contributed by atoms with Crippen molar-refractivity contribution in [3.63, 3.8) is 0 Å². The zero-order valence-corrected chi connectivity index (χ0v) is 15.6. The summed E-state index contributed by atoms with van der Waals surface area (Å²) >= 11 is 0. The van der Waals surface area contributed by atoms with Crippen LogP contribution in [0.15, 0.2) is 30.3 Å². The summed E-state index contributed by atoms with van der Waals surface area (Å²) in [6.07, 6.45) is 0. The van der Waals surface area contributed by atoms with Crippen LogP contribution in [0.5, 0.6) is 5.75 Å². The van der Waals surface area contributed by atoms with Crippen LogP contribution in [0.3, 0.4) is 0 Å². The molecule has 0 aliphatic carbocycles. The number of para-hydroxylation sites is 1. The fraction of sp³-hybridized carbons (Fsp3) is 0.421. The minimum atomic E-state index is -0.250. The maximum Gasteiger partial charge on any atom is 0.290 e. The van der Waals surface area contributed by atoms with E-state index in [0.717, 1.165) is 6.54 Å². The Labute approximate surface area is 162 Å². The molecule has 0 saturated carbocycles. The predicted octanol–water partition coefficient (Wildman–Crippen LogP) is 0.886. The Kier molecular flexibility index (Phi) is 6.27. The molecule has 3 heterocycles. The quantitative estimate of drug-likeness (QED) is 0.654. The smallest absolute Gasteiger partial charge is 0.290 e. The van der Waals surface area contributed by atoms with E-state index in [9.17, 15) is 9.90 Å². The first-order valence-electron chi connectivity index (χ1n) is 9.02. The molecule has 2 saturated heterocycles. The van der Waals surface area contributed by atoms with E-state index in [2.05, 4.69) is 22.1 Å². The van der Waals surface area contributed by atoms with Gasteiger partial charge in [0.25, 0.3) is 12.4 Å². The zero-order valence-electron chi connectivity index (χ0n) is 15.6. The van der Waals surface area contributed by atoms with Gasteiger partial charge in [-0.2, -0.15) is 5.10 Å². The molecular weight excluding hydrogens is 364 g/mol. The molecule has 4 rings (SSSR count). The molecule has 9 heteroatoms. The van der Waals surface area contributed by atoms with Gasteiger partial charge in [-0.3, -0.25) is 19.6 Å². The summed E-state index contributed by atoms with van der Waals surface area (Å²) in [5.74, 6) is 0.416. The molecule has 1 amide bonds. The van der Waals surface area contributed by atoms with Gasteiger partial charge in [0.05, 0.1) is 24.9 Å². The fourth-order valence-electron chi connectivity index (χ4n) is 3.65. The summed E-state index contributed by atoms with van der Waals surface area (Å²) in [7, 11) is 2.09. The maximum absolute atomic E-state index is 13.0. The van der Waals surface area contributed by atoms with Gasteiger partial charge < -0.3 is 19.8 Å². The largest absolute Gasteiger partial charge is 0.507 e. The van der Waals surface area contributed by atoms with Crippen molar-refractivity contribution in [1.29, 1.82) is 0 Å². The van der Waals surface area contributed by atoms with Crippen LogP contribution < -0.4 is 0 Å². The predicted molar refractivity (Wildman–Crippen MR) is 101 cm³/mol. The summed E-state index contributed by atoms with van der Waals surface area (Å²) in [5, 5.41) is 23.9. The van der Waals surface area contributed by atoms with E-state index < -0.39 is 0 Å². The second-order valence-electron chi connectivity index (χ2n) is 7.00. The lowest BCUT2D eigenvalue weighted by molar-refractivity contribution is -0.122. The van der Waals surface area contributed by atoms with Crippen LogP contribution in [-0.4, -0.2) is 88.5 Å². The SMILES string of the molecule is CN1C[C@H]2COC[C@@H]1CN(C(=O)c1cc(-c3ccccc3O)n[nH]1)C2.O=CO. The third kappa shape index (κ3) is 4.32. The van der Waals surface area contributed by atoms with Crippen molar-refractivity contribution in [2.75, 3.05) is 39.9 Å². The zero-order chi connectivity index (χ0) is 20.1. The van der Waals surface area contributed by atoms with E-state index >= 15 is 0 Å². The number of nitrogens with zero attached hydrogens (tertiary/aromatic N) is 3. The lowest BCUT2D eigenvalue weighted by Gasteiger charge is -2.29. The van der Waals surface area contributed by atoms with Gasteiger partial charge in [0, 0.05) is 31.1 Å². The van der Waals surface area contributed by atoms with Crippen molar-refractivity contribution in [3.05, 3.63) is 36.0 Å². The van der Waals surface area contributed by atoms with Crippen molar-refractivity contribution >= 4 is 12.4 Å². The number of carbonyl (C=O) groups is 2. The summed E-state index contributed by atoms with van der Waals surface area (Å²) in [6, 6.07) is 8.90. The molecular formula is C19H24N4O5. The molecule has 150 valence electrons. The highest BCUT2D eigenvalue weighted by molar-refractivity contribution is 5.93. The van der Waals surface area contributed by atoms with E-state index in [-0.39, 0.29) is 24.2 Å². The number of amides is 1. The highest BCUT2D eigenvalue weighted by Gasteiger charge is 2.34. The molecule has 0 unspecified atom stereocenters. The van der Waals surface area contributed by atoms with Crippen LogP contribution in [0.1, 0.15) is 10.5 Å². The van der Waals surface area contributed by atoms with Gasteiger partial charge in [-0.15, -0.1) is 0 Å². The average molecular weight is 388 g/mol. The number of hydrogen-bond acceptors (Lipinski definition) is 6. The number of ether oxygens (including phenoxy) is 1. The van der Waals surface area contributed by atoms with Crippen molar-refractivity contribution < 1.29 is 24.5 Å². The van der Waals surface area contributed by atoms with Crippen LogP contribution in [0, 0.1) is 5.92 Å². The van der Waals surface area contributed by atoms with E-state index in [1.54, 1.807) is 24.3 Å². The first-order valence-corrected chi connectivity index (χ1v) is 9.02. The Morgan fingerprint density at radius 2 is 2.04 bits per heavy atom. The number of benzene rings is 1. The van der Waals surface area contributed by atoms with Crippen LogP contribution >= 0.6 is 0 Å². The van der Waals surface area contributed by atoms with Crippen molar-refractivity contribution in [2.45, 2.75) is 6.04 Å². The third-order valence-electron chi connectivity index (χ3n) is 5.02. The number of phenols is 1. The topological polar surface area (TPSA) is 119 Å². The Morgan fingerprint density at radius 3 is 2.79 bits per heavy atom. The number of rotatable bonds is 2. The Balaban J connectivity index is 0.000000706. The number of aromatic hydroxyl groups is 1. The second kappa shape index (κ2) is 8.85. The van der Waals surface area contributed by atoms with Crippen molar-refractivity contribution in [3.8, 4) is 17.0 Å². The van der Waals surface area contributed by atoms with Crippen LogP contribution in [0.2, 0.25) is 0 Å². The van der Waals surface area contributed by atoms with Gasteiger partial charge in [0.2, 0.25) is 0 Å². The number of fused-ring (bicyclic) bond motifs is 3. The first-order chi connectivity index (χ1) is 13.5. The molecule has 0 spiro atoms. The summed E-state index contributed by atoms with van der Waals surface area (Å²) < 4.78 is 5.71. The fourth-order valence-corrected chi connectivity index (χ4v) is 3.65. The van der Waals surface area contributed by atoms with Gasteiger partial charge in [-0.25, -0.2) is 0 Å². The molecule has 2 atom stereocenters. The number of nitrogens with one attached hydrogen (secondary N) is 1. The number of H-pyrrole nitrogens is 1. The molecule has 2 aliphatic rings. The average Bonchev–Trinajstić information content (AvgIpc) is 3.00. The van der Waals surface area contributed by atoms with E-state index in [1.165, 1.54) is 0 Å². The Bertz CT molecular complexity index is 824. The van der Waals surface area contributed by atoms with Gasteiger partial charge in [-0.05, 0) is 25.2 Å². The van der Waals surface area contributed by atoms with E-state index in [0.29, 0.717) is 49.2 Å². The van der Waals surface area contributed by atoms with Gasteiger partial charge >= 0.3 is 0 Å². The molecule has 1 aromatic heterocycles. The second-order valence-corrected chi connectivity index (χ2v) is 7.00. The number of hydrogen-bond donors (Lipinski definition) is 3. The highest BCUT2D eigenvalue weighted by atomic mass is 16.5. The minimum absolute atomic E-state index is 0.0543. The lowest BCUT2D eigenvalue weighted by atomic mass is 10.1. The number of phenolic OH excluding ortho intramolecular Hbond substituents is 1. The summed E-state index contributed by atoms with van der Waals surface area (Å²) in [5.41, 5.74) is 1.62. The molecule has 3 N–H and O–H groups in total. The Morgan fingerprint density at radius 1 is 1.29 bits per heavy atom. The summed E-state index contributed by atoms with van der Waals surface area (Å²) in [4.78, 5) is 25.5. The van der Waals surface area contributed by atoms with E-state index in [4.69, 9.17) is 14.6 Å². The van der Waals surface area contributed by atoms with Crippen molar-refractivity contribution in [1.82, 2.24) is 20.0 Å². The number of aromatic amines is 1. The van der Waals surface area contributed by atoms with Crippen LogP contribution in [0.25, 0.3) is 11.3 Å². The molecule has 0 radical (unpaired) electrons. The number of likely N-dealkylation sites (N-methyl/N-ethyl adjacent to an activating group) is 1. The molecule has 2 fully saturated rings. The van der Waals surface area contributed by atoms with E-state index in [1.807, 2.05) is 11.0 Å². The minimum Gasteiger partial charge on any atom is -0.507 e. The lowest BCUT2D eigenvalue weighted by Crippen LogP contribution is -2.44. The highest BCUT2D eigenvalue weighted by Crippen LogP contribution is 2.28. The summed E-state index contributed by atoms with van der Waals surface area (Å²) in [6.45, 7) is 3.38. The molecule has 28 heavy (non-hydrogen) atoms. The Hall–Kier alpha value is -2.91. The molecule has 2 bridgehead atoms. The monoisotopic (exact) mass is 388 g/mol. The number of carboxylic acid groups (broad SMARTS) is 1. The third-order valence-corrected chi connectivity index (χ3v) is 5.02. The maximum atomic E-state index is 13.0. The molecule has 1 aromatic carbocycles. The molecule has 9 nitrogen and oxygen atoms in total. The van der Waals surface area contributed by atoms with Gasteiger partial charge in [0.15, 0.2) is 0 Å². The van der Waals surface area contributed by atoms with Crippen molar-refractivity contribution in [2.24, 2.45) is 5.92 Å². The standard InChI is InChI=1S/C18H22N4O3.CH2O2/c1-21-7-12-8-22(9-13(21)11-25-10-12)18(24)16-6-15(19-20-16)14-4-2-3-5-17(14)23;2-1-3/h2-6,12-13,23H,7-11H2,1H3,(H,19,20);1H,(H,2,3)/t12-,13+;/m1./s1. The van der Waals surface area contributed by atoms with Gasteiger partial charge in [-0.1, -0.05) is 12.1 Å². The van der Waals surface area contributed by atoms with Crippen LogP contribution in [-0.2, 0) is 9.53 Å². The number of carbonyl (C=O) groups excluding carboxylic acids is 1. The normalized spacial score (nSPS) is 22.0. The molecule has 2 aromatic rings.